The average Bonchev–Trinajstić information content (AvgIpc) is 2.81. The topological polar surface area (TPSA) is 58.2 Å². The van der Waals surface area contributed by atoms with Crippen molar-refractivity contribution >= 4 is 11.8 Å². The molecular formula is C19H34N2O2. The van der Waals surface area contributed by atoms with Crippen LogP contribution in [-0.4, -0.2) is 24.4 Å². The Bertz CT molecular complexity index is 379. The highest BCUT2D eigenvalue weighted by molar-refractivity contribution is 5.81. The quantitative estimate of drug-likeness (QED) is 0.762. The Kier molecular flexibility index (Phi) is 7.38. The van der Waals surface area contributed by atoms with Crippen molar-refractivity contribution < 1.29 is 9.59 Å². The fourth-order valence-electron chi connectivity index (χ4n) is 3.81. The molecule has 0 atom stereocenters. The molecule has 4 nitrogen and oxygen atoms in total. The summed E-state index contributed by atoms with van der Waals surface area (Å²) in [5.41, 5.74) is 0. The van der Waals surface area contributed by atoms with E-state index in [-0.39, 0.29) is 23.7 Å². The minimum atomic E-state index is 0.107. The minimum absolute atomic E-state index is 0.107. The van der Waals surface area contributed by atoms with Crippen LogP contribution in [0.1, 0.15) is 78.1 Å². The van der Waals surface area contributed by atoms with Crippen LogP contribution in [0.25, 0.3) is 0 Å². The molecule has 0 aromatic carbocycles. The van der Waals surface area contributed by atoms with E-state index < -0.39 is 0 Å². The van der Waals surface area contributed by atoms with Crippen molar-refractivity contribution in [3.63, 3.8) is 0 Å². The molecule has 0 bridgehead atoms. The van der Waals surface area contributed by atoms with Crippen LogP contribution < -0.4 is 10.6 Å². The number of carbonyl (C=O) groups excluding carboxylic acids is 2. The van der Waals surface area contributed by atoms with E-state index in [1.54, 1.807) is 0 Å². The number of carbonyl (C=O) groups is 2. The smallest absolute Gasteiger partial charge is 0.223 e. The van der Waals surface area contributed by atoms with Gasteiger partial charge in [-0.1, -0.05) is 39.5 Å². The molecule has 4 heteroatoms. The molecule has 132 valence electrons. The molecule has 0 spiro atoms. The Labute approximate surface area is 141 Å². The van der Waals surface area contributed by atoms with Gasteiger partial charge in [-0.3, -0.25) is 9.59 Å². The number of rotatable bonds is 5. The van der Waals surface area contributed by atoms with Crippen LogP contribution >= 0.6 is 0 Å². The molecule has 2 fully saturated rings. The maximum atomic E-state index is 12.5. The van der Waals surface area contributed by atoms with E-state index in [1.165, 1.54) is 25.7 Å². The highest BCUT2D eigenvalue weighted by Crippen LogP contribution is 2.29. The third kappa shape index (κ3) is 6.15. The summed E-state index contributed by atoms with van der Waals surface area (Å²) in [5, 5.41) is 6.30. The second kappa shape index (κ2) is 9.29. The Hall–Kier alpha value is -1.06. The van der Waals surface area contributed by atoms with Gasteiger partial charge in [0.2, 0.25) is 11.8 Å². The van der Waals surface area contributed by atoms with Crippen molar-refractivity contribution in [2.45, 2.75) is 84.1 Å². The first-order valence-electron chi connectivity index (χ1n) is 9.64. The molecule has 2 aliphatic rings. The van der Waals surface area contributed by atoms with E-state index in [1.807, 2.05) is 0 Å². The Morgan fingerprint density at radius 3 is 1.87 bits per heavy atom. The molecular weight excluding hydrogens is 288 g/mol. The fourth-order valence-corrected chi connectivity index (χ4v) is 3.81. The van der Waals surface area contributed by atoms with E-state index >= 15 is 0 Å². The van der Waals surface area contributed by atoms with Gasteiger partial charge in [0.05, 0.1) is 0 Å². The van der Waals surface area contributed by atoms with Crippen LogP contribution in [0.2, 0.25) is 0 Å². The van der Waals surface area contributed by atoms with Crippen LogP contribution in [0.15, 0.2) is 0 Å². The van der Waals surface area contributed by atoms with Gasteiger partial charge >= 0.3 is 0 Å². The lowest BCUT2D eigenvalue weighted by atomic mass is 9.81. The average molecular weight is 322 g/mol. The molecule has 23 heavy (non-hydrogen) atoms. The maximum Gasteiger partial charge on any atom is 0.223 e. The summed E-state index contributed by atoms with van der Waals surface area (Å²) in [7, 11) is 0. The zero-order valence-corrected chi connectivity index (χ0v) is 14.9. The minimum Gasteiger partial charge on any atom is -0.356 e. The summed E-state index contributed by atoms with van der Waals surface area (Å²) in [6.07, 6.45) is 10.8. The summed E-state index contributed by atoms with van der Waals surface area (Å²) >= 11 is 0. The lowest BCUT2D eigenvalue weighted by Crippen LogP contribution is -2.41. The number of amides is 2. The molecule has 0 unspecified atom stereocenters. The maximum absolute atomic E-state index is 12.5. The van der Waals surface area contributed by atoms with Crippen LogP contribution in [0.4, 0.5) is 0 Å². The van der Waals surface area contributed by atoms with Crippen molar-refractivity contribution in [3.8, 4) is 0 Å². The molecule has 0 saturated heterocycles. The van der Waals surface area contributed by atoms with E-state index in [0.717, 1.165) is 45.1 Å². The lowest BCUT2D eigenvalue weighted by Gasteiger charge is -2.28. The number of nitrogens with one attached hydrogen (secondary N) is 2. The molecule has 0 aromatic heterocycles. The summed E-state index contributed by atoms with van der Waals surface area (Å²) in [6.45, 7) is 4.96. The van der Waals surface area contributed by atoms with Gasteiger partial charge in [0.1, 0.15) is 0 Å². The fraction of sp³-hybridized carbons (Fsp3) is 0.895. The Balaban J connectivity index is 1.70. The van der Waals surface area contributed by atoms with Gasteiger partial charge in [0.15, 0.2) is 0 Å². The molecule has 2 amide bonds. The van der Waals surface area contributed by atoms with E-state index in [2.05, 4.69) is 24.5 Å². The number of hydrogen-bond acceptors (Lipinski definition) is 2. The van der Waals surface area contributed by atoms with Crippen molar-refractivity contribution in [1.29, 1.82) is 0 Å². The first-order valence-corrected chi connectivity index (χ1v) is 9.64. The first-order chi connectivity index (χ1) is 11.1. The second-order valence-corrected chi connectivity index (χ2v) is 7.88. The van der Waals surface area contributed by atoms with Crippen molar-refractivity contribution in [3.05, 3.63) is 0 Å². The summed E-state index contributed by atoms with van der Waals surface area (Å²) < 4.78 is 0. The predicted molar refractivity (Wildman–Crippen MR) is 92.9 cm³/mol. The lowest BCUT2D eigenvalue weighted by molar-refractivity contribution is -0.131. The summed E-state index contributed by atoms with van der Waals surface area (Å²) in [5.74, 6) is 1.13. The van der Waals surface area contributed by atoms with Crippen LogP contribution in [-0.2, 0) is 9.59 Å². The molecule has 0 heterocycles. The van der Waals surface area contributed by atoms with Crippen LogP contribution in [0, 0.1) is 17.8 Å². The third-order valence-corrected chi connectivity index (χ3v) is 5.35. The molecule has 2 rings (SSSR count). The molecule has 2 saturated carbocycles. The standard InChI is InChI=1S/C19H34N2O2/c1-14(2)13-20-18(22)15-9-11-16(12-10-15)19(23)21-17-7-5-3-4-6-8-17/h14-17H,3-13H2,1-2H3,(H,20,22)(H,21,23). The van der Waals surface area contributed by atoms with Gasteiger partial charge in [-0.2, -0.15) is 0 Å². The Morgan fingerprint density at radius 1 is 0.826 bits per heavy atom. The molecule has 0 aliphatic heterocycles. The monoisotopic (exact) mass is 322 g/mol. The summed E-state index contributed by atoms with van der Waals surface area (Å²) in [6, 6.07) is 0.386. The molecule has 0 aromatic rings. The van der Waals surface area contributed by atoms with Gasteiger partial charge in [-0.15, -0.1) is 0 Å². The first kappa shape index (κ1) is 18.3. The zero-order valence-electron chi connectivity index (χ0n) is 14.9. The van der Waals surface area contributed by atoms with Crippen molar-refractivity contribution in [2.24, 2.45) is 17.8 Å². The highest BCUT2D eigenvalue weighted by Gasteiger charge is 2.30. The SMILES string of the molecule is CC(C)CNC(=O)C1CCC(C(=O)NC2CCCCCC2)CC1. The Morgan fingerprint density at radius 2 is 1.35 bits per heavy atom. The van der Waals surface area contributed by atoms with Crippen molar-refractivity contribution in [1.82, 2.24) is 10.6 Å². The van der Waals surface area contributed by atoms with E-state index in [0.29, 0.717) is 12.0 Å². The normalized spacial score (nSPS) is 26.6. The van der Waals surface area contributed by atoms with Gasteiger partial charge < -0.3 is 10.6 Å². The van der Waals surface area contributed by atoms with Crippen molar-refractivity contribution in [2.75, 3.05) is 6.54 Å². The third-order valence-electron chi connectivity index (χ3n) is 5.35. The molecule has 2 N–H and O–H groups in total. The number of hydrogen-bond donors (Lipinski definition) is 2. The van der Waals surface area contributed by atoms with Gasteiger partial charge in [0.25, 0.3) is 0 Å². The summed E-state index contributed by atoms with van der Waals surface area (Å²) in [4.78, 5) is 24.6. The largest absolute Gasteiger partial charge is 0.356 e. The second-order valence-electron chi connectivity index (χ2n) is 7.88. The van der Waals surface area contributed by atoms with Crippen LogP contribution in [0.5, 0.6) is 0 Å². The van der Waals surface area contributed by atoms with E-state index in [4.69, 9.17) is 0 Å². The van der Waals surface area contributed by atoms with Gasteiger partial charge in [0, 0.05) is 24.4 Å². The molecule has 2 aliphatic carbocycles. The predicted octanol–water partition coefficient (Wildman–Crippen LogP) is 3.40. The van der Waals surface area contributed by atoms with Gasteiger partial charge in [-0.25, -0.2) is 0 Å². The van der Waals surface area contributed by atoms with Gasteiger partial charge in [-0.05, 0) is 44.4 Å². The highest BCUT2D eigenvalue weighted by atomic mass is 16.2. The zero-order chi connectivity index (χ0) is 16.7. The molecule has 0 radical (unpaired) electrons. The van der Waals surface area contributed by atoms with E-state index in [9.17, 15) is 9.59 Å². The van der Waals surface area contributed by atoms with Crippen LogP contribution in [0.3, 0.4) is 0 Å².